The summed E-state index contributed by atoms with van der Waals surface area (Å²) in [5.74, 6) is 2.98. The molecule has 1 aliphatic heterocycles. The molecule has 1 aliphatic rings. The van der Waals surface area contributed by atoms with Crippen LogP contribution in [0.25, 0.3) is 11.5 Å². The Bertz CT molecular complexity index is 988. The largest absolute Gasteiger partial charge is 0.478 e. The van der Waals surface area contributed by atoms with Gasteiger partial charge in [-0.1, -0.05) is 13.0 Å². The van der Waals surface area contributed by atoms with Crippen LogP contribution in [0.2, 0.25) is 0 Å². The average molecular weight is 406 g/mol. The zero-order valence-electron chi connectivity index (χ0n) is 17.7. The lowest BCUT2D eigenvalue weighted by molar-refractivity contribution is 0.325. The molecule has 0 bridgehead atoms. The first-order valence-corrected chi connectivity index (χ1v) is 10.4. The maximum atomic E-state index is 5.58. The number of rotatable bonds is 6. The van der Waals surface area contributed by atoms with Gasteiger partial charge in [-0.3, -0.25) is 4.98 Å². The highest BCUT2D eigenvalue weighted by Gasteiger charge is 2.22. The van der Waals surface area contributed by atoms with Gasteiger partial charge in [0.15, 0.2) is 5.82 Å². The van der Waals surface area contributed by atoms with Crippen molar-refractivity contribution in [1.29, 1.82) is 0 Å². The zero-order chi connectivity index (χ0) is 20.9. The molecule has 4 rings (SSSR count). The fourth-order valence-corrected chi connectivity index (χ4v) is 3.46. The summed E-state index contributed by atoms with van der Waals surface area (Å²) in [6, 6.07) is 9.76. The molecule has 4 heterocycles. The number of nitrogens with zero attached hydrogens (tertiary/aromatic N) is 7. The Balaban J connectivity index is 1.52. The number of hydrogen-bond acceptors (Lipinski definition) is 8. The molecule has 0 spiro atoms. The van der Waals surface area contributed by atoms with Crippen molar-refractivity contribution in [1.82, 2.24) is 24.9 Å². The summed E-state index contributed by atoms with van der Waals surface area (Å²) in [5.41, 5.74) is 2.73. The van der Waals surface area contributed by atoms with Crippen molar-refractivity contribution >= 4 is 11.8 Å². The van der Waals surface area contributed by atoms with Crippen molar-refractivity contribution in [3.63, 3.8) is 0 Å². The number of hydrogen-bond donors (Lipinski definition) is 0. The minimum atomic E-state index is 0.593. The Morgan fingerprint density at radius 2 is 1.73 bits per heavy atom. The second-order valence-corrected chi connectivity index (χ2v) is 7.16. The number of aromatic nitrogens is 5. The molecule has 0 saturated carbocycles. The highest BCUT2D eigenvalue weighted by Crippen LogP contribution is 2.22. The molecule has 8 nitrogen and oxygen atoms in total. The molecule has 1 saturated heterocycles. The summed E-state index contributed by atoms with van der Waals surface area (Å²) in [6.45, 7) is 9.94. The van der Waals surface area contributed by atoms with Gasteiger partial charge in [0, 0.05) is 55.9 Å². The number of piperazine rings is 1. The summed E-state index contributed by atoms with van der Waals surface area (Å²) < 4.78 is 5.58. The van der Waals surface area contributed by atoms with Gasteiger partial charge < -0.3 is 14.5 Å². The number of ether oxygens (including phenoxy) is 1. The van der Waals surface area contributed by atoms with Crippen molar-refractivity contribution in [2.24, 2.45) is 0 Å². The molecule has 8 heteroatoms. The van der Waals surface area contributed by atoms with Gasteiger partial charge in [-0.25, -0.2) is 15.0 Å². The van der Waals surface area contributed by atoms with Gasteiger partial charge in [0.05, 0.1) is 6.61 Å². The van der Waals surface area contributed by atoms with E-state index in [1.807, 2.05) is 38.1 Å². The van der Waals surface area contributed by atoms with Crippen molar-refractivity contribution in [3.05, 3.63) is 47.9 Å². The molecule has 156 valence electrons. The normalized spacial score (nSPS) is 14.1. The Hall–Kier alpha value is -3.29. The SMILES string of the molecule is CCOc1cc(C)nc(N2CCN(c3cc(CC)nc(-c4ccccn4)n3)CC2)n1. The first-order valence-electron chi connectivity index (χ1n) is 10.4. The standard InChI is InChI=1S/C22H27N7O/c1-4-17-15-19(26-21(25-17)18-8-6-7-9-23-18)28-10-12-29(13-11-28)22-24-16(3)14-20(27-22)30-5-2/h6-9,14-15H,4-5,10-13H2,1-3H3. The van der Waals surface area contributed by atoms with Crippen molar-refractivity contribution in [3.8, 4) is 17.4 Å². The number of anilines is 2. The maximum absolute atomic E-state index is 5.58. The fraction of sp³-hybridized carbons (Fsp3) is 0.409. The van der Waals surface area contributed by atoms with E-state index in [9.17, 15) is 0 Å². The van der Waals surface area contributed by atoms with Crippen LogP contribution < -0.4 is 14.5 Å². The molecular formula is C22H27N7O. The van der Waals surface area contributed by atoms with Crippen LogP contribution in [0.15, 0.2) is 36.5 Å². The third-order valence-electron chi connectivity index (χ3n) is 5.02. The first-order chi connectivity index (χ1) is 14.7. The maximum Gasteiger partial charge on any atom is 0.228 e. The van der Waals surface area contributed by atoms with Gasteiger partial charge in [0.1, 0.15) is 11.5 Å². The molecule has 1 fully saturated rings. The van der Waals surface area contributed by atoms with Crippen molar-refractivity contribution in [2.45, 2.75) is 27.2 Å². The van der Waals surface area contributed by atoms with Crippen LogP contribution in [0.3, 0.4) is 0 Å². The Morgan fingerprint density at radius 3 is 2.43 bits per heavy atom. The molecule has 3 aromatic rings. The Morgan fingerprint density at radius 1 is 0.933 bits per heavy atom. The molecule has 0 N–H and O–H groups in total. The molecule has 0 unspecified atom stereocenters. The second kappa shape index (κ2) is 9.02. The van der Waals surface area contributed by atoms with E-state index in [0.29, 0.717) is 18.3 Å². The van der Waals surface area contributed by atoms with E-state index in [-0.39, 0.29) is 0 Å². The summed E-state index contributed by atoms with van der Waals surface area (Å²) >= 11 is 0. The van der Waals surface area contributed by atoms with E-state index in [0.717, 1.165) is 61.4 Å². The number of pyridine rings is 1. The van der Waals surface area contributed by atoms with Gasteiger partial charge in [0.2, 0.25) is 11.8 Å². The minimum absolute atomic E-state index is 0.593. The van der Waals surface area contributed by atoms with E-state index in [1.54, 1.807) is 6.20 Å². The van der Waals surface area contributed by atoms with Crippen LogP contribution in [-0.4, -0.2) is 57.7 Å². The van der Waals surface area contributed by atoms with Crippen LogP contribution >= 0.6 is 0 Å². The van der Waals surface area contributed by atoms with Crippen molar-refractivity contribution in [2.75, 3.05) is 42.6 Å². The van der Waals surface area contributed by atoms with E-state index >= 15 is 0 Å². The summed E-state index contributed by atoms with van der Waals surface area (Å²) in [6.07, 6.45) is 2.63. The van der Waals surface area contributed by atoms with Crippen molar-refractivity contribution < 1.29 is 4.74 Å². The highest BCUT2D eigenvalue weighted by molar-refractivity contribution is 5.54. The average Bonchev–Trinajstić information content (AvgIpc) is 2.79. The summed E-state index contributed by atoms with van der Waals surface area (Å²) in [7, 11) is 0. The third-order valence-corrected chi connectivity index (χ3v) is 5.02. The van der Waals surface area contributed by atoms with Crippen LogP contribution in [0.5, 0.6) is 5.88 Å². The predicted octanol–water partition coefficient (Wildman–Crippen LogP) is 2.92. The molecule has 30 heavy (non-hydrogen) atoms. The van der Waals surface area contributed by atoms with Crippen LogP contribution in [0, 0.1) is 6.92 Å². The van der Waals surface area contributed by atoms with E-state index in [2.05, 4.69) is 42.7 Å². The Labute approximate surface area is 177 Å². The molecular weight excluding hydrogens is 378 g/mol. The highest BCUT2D eigenvalue weighted by atomic mass is 16.5. The molecule has 0 radical (unpaired) electrons. The zero-order valence-corrected chi connectivity index (χ0v) is 17.7. The minimum Gasteiger partial charge on any atom is -0.478 e. The monoisotopic (exact) mass is 405 g/mol. The third kappa shape index (κ3) is 4.48. The van der Waals surface area contributed by atoms with Gasteiger partial charge in [-0.2, -0.15) is 4.98 Å². The van der Waals surface area contributed by atoms with Crippen LogP contribution in [-0.2, 0) is 6.42 Å². The molecule has 0 aliphatic carbocycles. The van der Waals surface area contributed by atoms with Gasteiger partial charge in [0.25, 0.3) is 0 Å². The molecule has 3 aromatic heterocycles. The molecule has 0 aromatic carbocycles. The molecule has 0 atom stereocenters. The smallest absolute Gasteiger partial charge is 0.228 e. The van der Waals surface area contributed by atoms with Crippen LogP contribution in [0.4, 0.5) is 11.8 Å². The van der Waals surface area contributed by atoms with Crippen LogP contribution in [0.1, 0.15) is 25.2 Å². The quantitative estimate of drug-likeness (QED) is 0.619. The fourth-order valence-electron chi connectivity index (χ4n) is 3.46. The van der Waals surface area contributed by atoms with E-state index in [1.165, 1.54) is 0 Å². The predicted molar refractivity (Wildman–Crippen MR) is 117 cm³/mol. The summed E-state index contributed by atoms with van der Waals surface area (Å²) in [5, 5.41) is 0. The topological polar surface area (TPSA) is 80.2 Å². The van der Waals surface area contributed by atoms with E-state index < -0.39 is 0 Å². The second-order valence-electron chi connectivity index (χ2n) is 7.16. The first kappa shape index (κ1) is 20.0. The lowest BCUT2D eigenvalue weighted by atomic mass is 10.2. The van der Waals surface area contributed by atoms with E-state index in [4.69, 9.17) is 9.72 Å². The number of aryl methyl sites for hydroxylation is 2. The Kier molecular flexibility index (Phi) is 6.02. The van der Waals surface area contributed by atoms with Gasteiger partial charge >= 0.3 is 0 Å². The van der Waals surface area contributed by atoms with Gasteiger partial charge in [-0.15, -0.1) is 0 Å². The lowest BCUT2D eigenvalue weighted by Gasteiger charge is -2.35. The molecule has 0 amide bonds. The summed E-state index contributed by atoms with van der Waals surface area (Å²) in [4.78, 5) is 27.6. The van der Waals surface area contributed by atoms with Gasteiger partial charge in [-0.05, 0) is 32.4 Å². The lowest BCUT2D eigenvalue weighted by Crippen LogP contribution is -2.47.